The van der Waals surface area contributed by atoms with E-state index in [1.54, 1.807) is 30.3 Å². The summed E-state index contributed by atoms with van der Waals surface area (Å²) in [7, 11) is 0. The van der Waals surface area contributed by atoms with Gasteiger partial charge in [-0.25, -0.2) is 9.69 Å². The van der Waals surface area contributed by atoms with Crippen molar-refractivity contribution in [3.8, 4) is 0 Å². The molecule has 0 spiro atoms. The predicted molar refractivity (Wildman–Crippen MR) is 101 cm³/mol. The first kappa shape index (κ1) is 18.7. The number of urea groups is 1. The van der Waals surface area contributed by atoms with Crippen LogP contribution in [0.3, 0.4) is 0 Å². The SMILES string of the molecule is C/C(=N\Nc1ccc([N+](=O)[O-])cc1)C1C(=O)NC(=O)N(c2ccccc2)C1=O. The van der Waals surface area contributed by atoms with Gasteiger partial charge in [-0.2, -0.15) is 5.10 Å². The van der Waals surface area contributed by atoms with Crippen molar-refractivity contribution < 1.29 is 19.3 Å². The van der Waals surface area contributed by atoms with Crippen LogP contribution in [0, 0.1) is 16.0 Å². The number of barbiturate groups is 1. The van der Waals surface area contributed by atoms with E-state index >= 15 is 0 Å². The summed E-state index contributed by atoms with van der Waals surface area (Å²) in [5.41, 5.74) is 3.47. The Morgan fingerprint density at radius 1 is 1.11 bits per heavy atom. The van der Waals surface area contributed by atoms with Gasteiger partial charge in [0.25, 0.3) is 11.6 Å². The molecular weight excluding hydrogens is 366 g/mol. The molecule has 0 aliphatic carbocycles. The van der Waals surface area contributed by atoms with Crippen molar-refractivity contribution in [1.29, 1.82) is 0 Å². The third-order valence-electron chi connectivity index (χ3n) is 4.03. The lowest BCUT2D eigenvalue weighted by Gasteiger charge is -2.29. The molecule has 1 saturated heterocycles. The number of nitrogens with zero attached hydrogens (tertiary/aromatic N) is 3. The van der Waals surface area contributed by atoms with Crippen molar-refractivity contribution in [2.75, 3.05) is 10.3 Å². The highest BCUT2D eigenvalue weighted by atomic mass is 16.6. The van der Waals surface area contributed by atoms with Gasteiger partial charge < -0.3 is 0 Å². The lowest BCUT2D eigenvalue weighted by atomic mass is 9.99. The van der Waals surface area contributed by atoms with E-state index in [9.17, 15) is 24.5 Å². The van der Waals surface area contributed by atoms with Gasteiger partial charge in [0.15, 0.2) is 5.92 Å². The first-order valence-electron chi connectivity index (χ1n) is 8.17. The third-order valence-corrected chi connectivity index (χ3v) is 4.03. The number of benzene rings is 2. The van der Waals surface area contributed by atoms with E-state index in [0.29, 0.717) is 11.4 Å². The number of carbonyl (C=O) groups excluding carboxylic acids is 3. The Morgan fingerprint density at radius 3 is 2.36 bits per heavy atom. The van der Waals surface area contributed by atoms with E-state index in [1.165, 1.54) is 31.2 Å². The number of nitro groups is 1. The molecule has 1 aliphatic heterocycles. The fraction of sp³-hybridized carbons (Fsp3) is 0.111. The van der Waals surface area contributed by atoms with Gasteiger partial charge in [-0.3, -0.25) is 30.4 Å². The van der Waals surface area contributed by atoms with Gasteiger partial charge >= 0.3 is 6.03 Å². The molecule has 1 fully saturated rings. The minimum atomic E-state index is -1.29. The van der Waals surface area contributed by atoms with E-state index in [-0.39, 0.29) is 11.4 Å². The van der Waals surface area contributed by atoms with Gasteiger partial charge in [-0.05, 0) is 31.2 Å². The molecule has 1 atom stereocenters. The van der Waals surface area contributed by atoms with Crippen molar-refractivity contribution in [1.82, 2.24) is 5.32 Å². The second-order valence-electron chi connectivity index (χ2n) is 5.91. The summed E-state index contributed by atoms with van der Waals surface area (Å²) in [4.78, 5) is 48.1. The molecule has 10 heteroatoms. The zero-order chi connectivity index (χ0) is 20.3. The molecular formula is C18H15N5O5. The zero-order valence-corrected chi connectivity index (χ0v) is 14.7. The van der Waals surface area contributed by atoms with Crippen LogP contribution in [0.2, 0.25) is 0 Å². The van der Waals surface area contributed by atoms with Gasteiger partial charge in [-0.15, -0.1) is 0 Å². The number of rotatable bonds is 5. The highest BCUT2D eigenvalue weighted by Crippen LogP contribution is 2.21. The monoisotopic (exact) mass is 381 g/mol. The second-order valence-corrected chi connectivity index (χ2v) is 5.91. The number of hydrogen-bond acceptors (Lipinski definition) is 7. The van der Waals surface area contributed by atoms with E-state index < -0.39 is 28.7 Å². The van der Waals surface area contributed by atoms with Crippen LogP contribution < -0.4 is 15.6 Å². The Hall–Kier alpha value is -4.08. The molecule has 1 heterocycles. The predicted octanol–water partition coefficient (Wildman–Crippen LogP) is 2.28. The third kappa shape index (κ3) is 3.70. The fourth-order valence-corrected chi connectivity index (χ4v) is 2.64. The normalized spacial score (nSPS) is 17.3. The number of hydrogen-bond donors (Lipinski definition) is 2. The van der Waals surface area contributed by atoms with Crippen molar-refractivity contribution >= 4 is 40.6 Å². The van der Waals surface area contributed by atoms with Crippen LogP contribution in [0.25, 0.3) is 0 Å². The maximum atomic E-state index is 12.8. The van der Waals surface area contributed by atoms with Gasteiger partial charge in [0.1, 0.15) is 0 Å². The molecule has 1 aliphatic rings. The number of nitro benzene ring substituents is 1. The Labute approximate surface area is 159 Å². The van der Waals surface area contributed by atoms with Crippen LogP contribution in [0.4, 0.5) is 21.9 Å². The average Bonchev–Trinajstić information content (AvgIpc) is 2.67. The topological polar surface area (TPSA) is 134 Å². The number of para-hydroxylation sites is 1. The second kappa shape index (κ2) is 7.66. The first-order chi connectivity index (χ1) is 13.4. The number of imide groups is 2. The minimum absolute atomic E-state index is 0.0786. The number of nitrogens with one attached hydrogen (secondary N) is 2. The van der Waals surface area contributed by atoms with Crippen LogP contribution in [-0.4, -0.2) is 28.5 Å². The molecule has 0 bridgehead atoms. The summed E-state index contributed by atoms with van der Waals surface area (Å²) in [6.45, 7) is 1.47. The van der Waals surface area contributed by atoms with Crippen LogP contribution in [0.5, 0.6) is 0 Å². The molecule has 0 saturated carbocycles. The molecule has 0 radical (unpaired) electrons. The van der Waals surface area contributed by atoms with Crippen LogP contribution in [-0.2, 0) is 9.59 Å². The number of hydrazone groups is 1. The molecule has 3 rings (SSSR count). The minimum Gasteiger partial charge on any atom is -0.279 e. The van der Waals surface area contributed by atoms with E-state index in [2.05, 4.69) is 15.8 Å². The van der Waals surface area contributed by atoms with Gasteiger partial charge in [0.2, 0.25) is 5.91 Å². The van der Waals surface area contributed by atoms with E-state index in [4.69, 9.17) is 0 Å². The highest BCUT2D eigenvalue weighted by Gasteiger charge is 2.43. The lowest BCUT2D eigenvalue weighted by molar-refractivity contribution is -0.384. The Bertz CT molecular complexity index is 972. The van der Waals surface area contributed by atoms with Gasteiger partial charge in [0, 0.05) is 12.1 Å². The summed E-state index contributed by atoms with van der Waals surface area (Å²) in [5.74, 6) is -2.77. The number of non-ortho nitro benzene ring substituents is 1. The van der Waals surface area contributed by atoms with Crippen LogP contribution in [0.1, 0.15) is 6.92 Å². The molecule has 0 aromatic heterocycles. The molecule has 1 unspecified atom stereocenters. The largest absolute Gasteiger partial charge is 0.335 e. The number of carbonyl (C=O) groups is 3. The Balaban J connectivity index is 1.81. The number of amides is 4. The number of anilines is 2. The summed E-state index contributed by atoms with van der Waals surface area (Å²) >= 11 is 0. The molecule has 4 amide bonds. The molecule has 28 heavy (non-hydrogen) atoms. The van der Waals surface area contributed by atoms with Crippen LogP contribution >= 0.6 is 0 Å². The highest BCUT2D eigenvalue weighted by molar-refractivity contribution is 6.35. The molecule has 2 aromatic rings. The Morgan fingerprint density at radius 2 is 1.75 bits per heavy atom. The summed E-state index contributed by atoms with van der Waals surface area (Å²) in [5, 5.41) is 16.8. The van der Waals surface area contributed by atoms with Crippen LogP contribution in [0.15, 0.2) is 59.7 Å². The fourth-order valence-electron chi connectivity index (χ4n) is 2.64. The standard InChI is InChI=1S/C18H15N5O5/c1-11(20-21-12-7-9-14(10-8-12)23(27)28)15-16(24)19-18(26)22(17(15)25)13-5-3-2-4-6-13/h2-10,15,21H,1H3,(H,19,24,26)/b20-11+. The van der Waals surface area contributed by atoms with Gasteiger partial charge in [0.05, 0.1) is 22.0 Å². The molecule has 2 aromatic carbocycles. The summed E-state index contributed by atoms with van der Waals surface area (Å²) in [6.07, 6.45) is 0. The average molecular weight is 381 g/mol. The molecule has 2 N–H and O–H groups in total. The van der Waals surface area contributed by atoms with Crippen molar-refractivity contribution in [2.45, 2.75) is 6.92 Å². The zero-order valence-electron chi connectivity index (χ0n) is 14.7. The Kier molecular flexibility index (Phi) is 5.12. The van der Waals surface area contributed by atoms with E-state index in [1.807, 2.05) is 0 Å². The van der Waals surface area contributed by atoms with Crippen molar-refractivity contribution in [2.24, 2.45) is 11.0 Å². The first-order valence-corrected chi connectivity index (χ1v) is 8.17. The van der Waals surface area contributed by atoms with Crippen molar-refractivity contribution in [3.05, 3.63) is 64.7 Å². The van der Waals surface area contributed by atoms with Crippen molar-refractivity contribution in [3.63, 3.8) is 0 Å². The lowest BCUT2D eigenvalue weighted by Crippen LogP contribution is -2.60. The molecule has 142 valence electrons. The smallest absolute Gasteiger partial charge is 0.279 e. The molecule has 10 nitrogen and oxygen atoms in total. The maximum Gasteiger partial charge on any atom is 0.335 e. The van der Waals surface area contributed by atoms with E-state index in [0.717, 1.165) is 4.90 Å². The maximum absolute atomic E-state index is 12.8. The summed E-state index contributed by atoms with van der Waals surface area (Å²) < 4.78 is 0. The quantitative estimate of drug-likeness (QED) is 0.353. The summed E-state index contributed by atoms with van der Waals surface area (Å²) in [6, 6.07) is 12.9. The van der Waals surface area contributed by atoms with Gasteiger partial charge in [-0.1, -0.05) is 18.2 Å².